The van der Waals surface area contributed by atoms with Crippen molar-refractivity contribution in [1.29, 1.82) is 0 Å². The first-order valence-electron chi connectivity index (χ1n) is 15.2. The summed E-state index contributed by atoms with van der Waals surface area (Å²) in [6.07, 6.45) is 35.4. The molecule has 0 bridgehead atoms. The van der Waals surface area contributed by atoms with E-state index in [1.165, 1.54) is 122 Å². The standard InChI is InChI=1S/C24H51P.C6H11NO.H3N/c1-4-7-10-13-16-19-22-25(23-20-17-14-11-8-5-2)24-21-18-15-12-9-6-3;8-6-4-2-1-3-5-7-6;/h4-24H2,1-3H3;1-5H2,(H,7,8);1H3. The Balaban J connectivity index is 0. The molecule has 0 aromatic heterocycles. The molecule has 1 saturated heterocycles. The molecular formula is C30H65N2OP. The molecule has 206 valence electrons. The highest BCUT2D eigenvalue weighted by Crippen LogP contribution is 2.39. The second-order valence-corrected chi connectivity index (χ2v) is 13.0. The molecule has 34 heavy (non-hydrogen) atoms. The van der Waals surface area contributed by atoms with Gasteiger partial charge in [0.1, 0.15) is 0 Å². The van der Waals surface area contributed by atoms with Crippen LogP contribution in [-0.4, -0.2) is 30.9 Å². The van der Waals surface area contributed by atoms with Gasteiger partial charge in [0.2, 0.25) is 5.91 Å². The van der Waals surface area contributed by atoms with E-state index < -0.39 is 0 Å². The summed E-state index contributed by atoms with van der Waals surface area (Å²) in [5.74, 6) is 0.225. The van der Waals surface area contributed by atoms with Gasteiger partial charge in [-0.15, -0.1) is 7.92 Å². The zero-order valence-corrected chi connectivity index (χ0v) is 24.8. The molecule has 0 aromatic carbocycles. The van der Waals surface area contributed by atoms with Gasteiger partial charge in [-0.25, -0.2) is 0 Å². The number of carbonyl (C=O) groups excluding carboxylic acids is 1. The Kier molecular flexibility index (Phi) is 32.7. The highest BCUT2D eigenvalue weighted by atomic mass is 31.1. The first-order chi connectivity index (χ1) is 16.2. The van der Waals surface area contributed by atoms with Crippen molar-refractivity contribution in [1.82, 2.24) is 11.5 Å². The smallest absolute Gasteiger partial charge is 0.219 e. The van der Waals surface area contributed by atoms with Crippen LogP contribution in [0.4, 0.5) is 0 Å². The normalized spacial score (nSPS) is 13.6. The maximum atomic E-state index is 10.6. The first-order valence-corrected chi connectivity index (χ1v) is 17.1. The molecule has 3 nitrogen and oxygen atoms in total. The molecule has 1 rings (SSSR count). The monoisotopic (exact) mass is 500 g/mol. The molecule has 0 aliphatic carbocycles. The number of hydrogen-bond donors (Lipinski definition) is 2. The van der Waals surface area contributed by atoms with Crippen molar-refractivity contribution in [2.45, 2.75) is 162 Å². The third kappa shape index (κ3) is 28.1. The van der Waals surface area contributed by atoms with Crippen LogP contribution in [0.5, 0.6) is 0 Å². The largest absolute Gasteiger partial charge is 0.356 e. The maximum Gasteiger partial charge on any atom is 0.219 e. The summed E-state index contributed by atoms with van der Waals surface area (Å²) in [5.41, 5.74) is 0. The number of unbranched alkanes of at least 4 members (excludes halogenated alkanes) is 15. The van der Waals surface area contributed by atoms with Crippen LogP contribution in [0.3, 0.4) is 0 Å². The van der Waals surface area contributed by atoms with Crippen molar-refractivity contribution in [2.75, 3.05) is 25.0 Å². The zero-order valence-electron chi connectivity index (χ0n) is 23.9. The van der Waals surface area contributed by atoms with Crippen molar-refractivity contribution in [3.63, 3.8) is 0 Å². The summed E-state index contributed by atoms with van der Waals surface area (Å²) in [7, 11) is 0.366. The van der Waals surface area contributed by atoms with Crippen molar-refractivity contribution >= 4 is 13.8 Å². The molecule has 4 heteroatoms. The topological polar surface area (TPSA) is 64.1 Å². The van der Waals surface area contributed by atoms with E-state index in [0.717, 1.165) is 25.8 Å². The Morgan fingerprint density at radius 2 is 0.941 bits per heavy atom. The lowest BCUT2D eigenvalue weighted by Gasteiger charge is -2.18. The predicted molar refractivity (Wildman–Crippen MR) is 158 cm³/mol. The Morgan fingerprint density at radius 1 is 0.559 bits per heavy atom. The summed E-state index contributed by atoms with van der Waals surface area (Å²) >= 11 is 0. The van der Waals surface area contributed by atoms with Crippen LogP contribution in [0.15, 0.2) is 0 Å². The predicted octanol–water partition coefficient (Wildman–Crippen LogP) is 10.4. The van der Waals surface area contributed by atoms with Gasteiger partial charge in [0, 0.05) is 13.0 Å². The molecule has 1 aliphatic rings. The van der Waals surface area contributed by atoms with Gasteiger partial charge in [0.15, 0.2) is 0 Å². The van der Waals surface area contributed by atoms with E-state index >= 15 is 0 Å². The van der Waals surface area contributed by atoms with Crippen LogP contribution >= 0.6 is 7.92 Å². The summed E-state index contributed by atoms with van der Waals surface area (Å²) in [5, 5.41) is 2.81. The van der Waals surface area contributed by atoms with E-state index in [-0.39, 0.29) is 12.1 Å². The van der Waals surface area contributed by atoms with Gasteiger partial charge in [-0.3, -0.25) is 4.79 Å². The molecule has 0 radical (unpaired) electrons. The average Bonchev–Trinajstić information content (AvgIpc) is 3.08. The van der Waals surface area contributed by atoms with E-state index in [1.807, 2.05) is 0 Å². The van der Waals surface area contributed by atoms with Crippen LogP contribution in [0.25, 0.3) is 0 Å². The van der Waals surface area contributed by atoms with E-state index in [9.17, 15) is 4.79 Å². The first kappa shape index (κ1) is 36.0. The average molecular weight is 501 g/mol. The second-order valence-electron chi connectivity index (χ2n) is 10.3. The fourth-order valence-electron chi connectivity index (χ4n) is 4.59. The number of carbonyl (C=O) groups is 1. The molecule has 1 amide bonds. The minimum atomic E-state index is 0. The highest BCUT2D eigenvalue weighted by molar-refractivity contribution is 7.57. The van der Waals surface area contributed by atoms with Crippen molar-refractivity contribution in [2.24, 2.45) is 0 Å². The van der Waals surface area contributed by atoms with E-state index in [2.05, 4.69) is 26.1 Å². The molecule has 0 atom stereocenters. The van der Waals surface area contributed by atoms with Crippen LogP contribution in [0.1, 0.15) is 162 Å². The molecular weight excluding hydrogens is 435 g/mol. The summed E-state index contributed by atoms with van der Waals surface area (Å²) in [6.45, 7) is 7.85. The van der Waals surface area contributed by atoms with E-state index in [4.69, 9.17) is 0 Å². The number of nitrogens with one attached hydrogen (secondary N) is 1. The second kappa shape index (κ2) is 30.9. The Labute approximate surface area is 217 Å². The molecule has 1 fully saturated rings. The Hall–Kier alpha value is -0.140. The molecule has 0 spiro atoms. The fraction of sp³-hybridized carbons (Fsp3) is 0.967. The molecule has 1 aliphatic heterocycles. The van der Waals surface area contributed by atoms with Crippen LogP contribution in [-0.2, 0) is 4.79 Å². The van der Waals surface area contributed by atoms with Crippen LogP contribution in [0.2, 0.25) is 0 Å². The van der Waals surface area contributed by atoms with Crippen molar-refractivity contribution in [3.8, 4) is 0 Å². The highest BCUT2D eigenvalue weighted by Gasteiger charge is 2.08. The quantitative estimate of drug-likeness (QED) is 0.122. The van der Waals surface area contributed by atoms with Gasteiger partial charge in [-0.05, 0) is 50.6 Å². The SMILES string of the molecule is CCCCCCCCP(CCCCCCCC)CCCCCCCC.N.O=C1CCCCCN1. The van der Waals surface area contributed by atoms with E-state index in [0.29, 0.717) is 7.92 Å². The number of hydrogen-bond acceptors (Lipinski definition) is 2. The molecule has 4 N–H and O–H groups in total. The zero-order chi connectivity index (χ0) is 24.2. The summed E-state index contributed by atoms with van der Waals surface area (Å²) in [4.78, 5) is 10.6. The third-order valence-electron chi connectivity index (χ3n) is 6.89. The van der Waals surface area contributed by atoms with Gasteiger partial charge in [-0.2, -0.15) is 0 Å². The molecule has 0 saturated carbocycles. The van der Waals surface area contributed by atoms with Crippen LogP contribution < -0.4 is 11.5 Å². The van der Waals surface area contributed by atoms with Gasteiger partial charge in [-0.1, -0.05) is 124 Å². The number of amides is 1. The maximum absolute atomic E-state index is 10.6. The van der Waals surface area contributed by atoms with Gasteiger partial charge < -0.3 is 11.5 Å². The molecule has 1 heterocycles. The minimum absolute atomic E-state index is 0. The Bertz CT molecular complexity index is 344. The van der Waals surface area contributed by atoms with Crippen molar-refractivity contribution in [3.05, 3.63) is 0 Å². The Morgan fingerprint density at radius 3 is 1.35 bits per heavy atom. The van der Waals surface area contributed by atoms with Crippen molar-refractivity contribution < 1.29 is 4.79 Å². The van der Waals surface area contributed by atoms with E-state index in [1.54, 1.807) is 18.5 Å². The molecule has 0 aromatic rings. The lowest BCUT2D eigenvalue weighted by atomic mass is 10.1. The lowest BCUT2D eigenvalue weighted by Crippen LogP contribution is -2.21. The number of rotatable bonds is 21. The van der Waals surface area contributed by atoms with Gasteiger partial charge in [0.05, 0.1) is 0 Å². The third-order valence-corrected chi connectivity index (χ3v) is 9.73. The minimum Gasteiger partial charge on any atom is -0.356 e. The van der Waals surface area contributed by atoms with Gasteiger partial charge >= 0.3 is 0 Å². The summed E-state index contributed by atoms with van der Waals surface area (Å²) < 4.78 is 0. The summed E-state index contributed by atoms with van der Waals surface area (Å²) in [6, 6.07) is 0. The fourth-order valence-corrected chi connectivity index (χ4v) is 7.27. The van der Waals surface area contributed by atoms with Crippen LogP contribution in [0, 0.1) is 0 Å². The molecule has 0 unspecified atom stereocenters. The van der Waals surface area contributed by atoms with Gasteiger partial charge in [0.25, 0.3) is 0 Å². The lowest BCUT2D eigenvalue weighted by molar-refractivity contribution is -0.120.